The summed E-state index contributed by atoms with van der Waals surface area (Å²) in [6, 6.07) is 8.12. The molecular weight excluding hydrogens is 247 g/mol. The first-order chi connectivity index (χ1) is 9.19. The quantitative estimate of drug-likeness (QED) is 0.715. The van der Waals surface area contributed by atoms with Crippen LogP contribution in [0.5, 0.6) is 5.75 Å². The number of hydrogen-bond acceptors (Lipinski definition) is 4. The zero-order valence-corrected chi connectivity index (χ0v) is 10.2. The lowest BCUT2D eigenvalue weighted by atomic mass is 10.2. The van der Waals surface area contributed by atoms with Crippen LogP contribution in [0.2, 0.25) is 0 Å². The van der Waals surface area contributed by atoms with Crippen LogP contribution in [-0.2, 0) is 0 Å². The molecule has 19 heavy (non-hydrogen) atoms. The Hall–Kier alpha value is -2.63. The van der Waals surface area contributed by atoms with Gasteiger partial charge in [-0.2, -0.15) is 0 Å². The molecule has 2 N–H and O–H groups in total. The summed E-state index contributed by atoms with van der Waals surface area (Å²) in [4.78, 5) is 4.16. The van der Waals surface area contributed by atoms with Crippen LogP contribution in [0.4, 0.5) is 10.1 Å². The zero-order valence-electron chi connectivity index (χ0n) is 10.2. The minimum absolute atomic E-state index is 0.187. The Morgan fingerprint density at radius 2 is 2.16 bits per heavy atom. The van der Waals surface area contributed by atoms with Crippen molar-refractivity contribution in [1.82, 2.24) is 14.6 Å². The number of ether oxygens (including phenoxy) is 1. The first kappa shape index (κ1) is 11.5. The largest absolute Gasteiger partial charge is 0.495 e. The Morgan fingerprint density at radius 3 is 2.84 bits per heavy atom. The highest BCUT2D eigenvalue weighted by Crippen LogP contribution is 2.27. The third kappa shape index (κ3) is 1.87. The molecule has 0 aliphatic carbocycles. The van der Waals surface area contributed by atoms with Gasteiger partial charge in [0.1, 0.15) is 5.75 Å². The molecule has 0 aliphatic heterocycles. The van der Waals surface area contributed by atoms with Gasteiger partial charge in [-0.1, -0.05) is 0 Å². The van der Waals surface area contributed by atoms with Crippen LogP contribution >= 0.6 is 0 Å². The molecule has 0 amide bonds. The Bertz CT molecular complexity index is 753. The first-order valence-corrected chi connectivity index (χ1v) is 5.64. The number of nitrogens with two attached hydrogens (primary N) is 1. The molecule has 0 bridgehead atoms. The number of nitrogen functional groups attached to an aromatic ring is 1. The number of anilines is 1. The monoisotopic (exact) mass is 258 g/mol. The van der Waals surface area contributed by atoms with Gasteiger partial charge in [-0.3, -0.25) is 0 Å². The van der Waals surface area contributed by atoms with Gasteiger partial charge in [0, 0.05) is 11.8 Å². The standard InChI is InChI=1S/C13H11FN4O/c1-19-11-5-4-8(7-10(11)15)12-16-13-9(14)3-2-6-18(13)17-12/h2-7H,15H2,1H3. The summed E-state index contributed by atoms with van der Waals surface area (Å²) in [5.41, 5.74) is 7.21. The summed E-state index contributed by atoms with van der Waals surface area (Å²) in [5, 5.41) is 4.21. The van der Waals surface area contributed by atoms with E-state index in [2.05, 4.69) is 10.1 Å². The molecule has 1 aromatic carbocycles. The van der Waals surface area contributed by atoms with Gasteiger partial charge in [0.2, 0.25) is 0 Å². The van der Waals surface area contributed by atoms with Gasteiger partial charge in [-0.15, -0.1) is 5.10 Å². The molecule has 3 aromatic rings. The van der Waals surface area contributed by atoms with Crippen LogP contribution in [0, 0.1) is 5.82 Å². The summed E-state index contributed by atoms with van der Waals surface area (Å²) < 4.78 is 20.0. The Kier molecular flexibility index (Phi) is 2.56. The fourth-order valence-electron chi connectivity index (χ4n) is 1.87. The van der Waals surface area contributed by atoms with Crippen molar-refractivity contribution in [3.05, 3.63) is 42.3 Å². The van der Waals surface area contributed by atoms with Gasteiger partial charge < -0.3 is 10.5 Å². The maximum absolute atomic E-state index is 13.5. The van der Waals surface area contributed by atoms with Crippen LogP contribution in [-0.4, -0.2) is 21.7 Å². The first-order valence-electron chi connectivity index (χ1n) is 5.64. The number of rotatable bonds is 2. The summed E-state index contributed by atoms with van der Waals surface area (Å²) in [6.45, 7) is 0. The van der Waals surface area contributed by atoms with E-state index in [-0.39, 0.29) is 5.65 Å². The lowest BCUT2D eigenvalue weighted by molar-refractivity contribution is 0.417. The molecule has 2 aromatic heterocycles. The maximum atomic E-state index is 13.5. The molecule has 0 aliphatic rings. The number of methoxy groups -OCH3 is 1. The Balaban J connectivity index is 2.14. The fraction of sp³-hybridized carbons (Fsp3) is 0.0769. The van der Waals surface area contributed by atoms with Gasteiger partial charge in [-0.25, -0.2) is 13.9 Å². The Labute approximate surface area is 108 Å². The summed E-state index contributed by atoms with van der Waals surface area (Å²) >= 11 is 0. The predicted molar refractivity (Wildman–Crippen MR) is 69.3 cm³/mol. The molecule has 5 nitrogen and oxygen atoms in total. The number of aromatic nitrogens is 3. The Morgan fingerprint density at radius 1 is 1.32 bits per heavy atom. The topological polar surface area (TPSA) is 65.4 Å². The highest BCUT2D eigenvalue weighted by atomic mass is 19.1. The van der Waals surface area contributed by atoms with Crippen molar-refractivity contribution in [1.29, 1.82) is 0 Å². The summed E-state index contributed by atoms with van der Waals surface area (Å²) in [6.07, 6.45) is 1.64. The molecule has 6 heteroatoms. The van der Waals surface area contributed by atoms with E-state index in [0.29, 0.717) is 22.8 Å². The second-order valence-corrected chi connectivity index (χ2v) is 4.02. The molecule has 0 saturated carbocycles. The van der Waals surface area contributed by atoms with Crippen molar-refractivity contribution < 1.29 is 9.13 Å². The summed E-state index contributed by atoms with van der Waals surface area (Å²) in [7, 11) is 1.55. The van der Waals surface area contributed by atoms with E-state index < -0.39 is 5.82 Å². The average Bonchev–Trinajstić information content (AvgIpc) is 2.84. The van der Waals surface area contributed by atoms with Crippen molar-refractivity contribution in [3.8, 4) is 17.1 Å². The average molecular weight is 258 g/mol. The molecule has 96 valence electrons. The number of pyridine rings is 1. The maximum Gasteiger partial charge on any atom is 0.191 e. The molecule has 0 radical (unpaired) electrons. The second kappa shape index (κ2) is 4.24. The highest BCUT2D eigenvalue weighted by molar-refractivity contribution is 5.67. The molecule has 0 spiro atoms. The fourth-order valence-corrected chi connectivity index (χ4v) is 1.87. The van der Waals surface area contributed by atoms with E-state index >= 15 is 0 Å². The lowest BCUT2D eigenvalue weighted by Gasteiger charge is -2.04. The lowest BCUT2D eigenvalue weighted by Crippen LogP contribution is -1.93. The predicted octanol–water partition coefficient (Wildman–Crippen LogP) is 2.13. The molecule has 0 fully saturated rings. The normalized spacial score (nSPS) is 10.8. The minimum Gasteiger partial charge on any atom is -0.495 e. The van der Waals surface area contributed by atoms with Crippen LogP contribution in [0.3, 0.4) is 0 Å². The SMILES string of the molecule is COc1ccc(-c2nc3c(F)cccn3n2)cc1N. The number of hydrogen-bond donors (Lipinski definition) is 1. The van der Waals surface area contributed by atoms with Crippen LogP contribution in [0.25, 0.3) is 17.0 Å². The molecular formula is C13H11FN4O. The smallest absolute Gasteiger partial charge is 0.191 e. The second-order valence-electron chi connectivity index (χ2n) is 4.02. The minimum atomic E-state index is -0.414. The van der Waals surface area contributed by atoms with Crippen molar-refractivity contribution in [2.24, 2.45) is 0 Å². The van der Waals surface area contributed by atoms with Crippen molar-refractivity contribution >= 4 is 11.3 Å². The van der Waals surface area contributed by atoms with Crippen molar-refractivity contribution in [2.45, 2.75) is 0 Å². The number of benzene rings is 1. The van der Waals surface area contributed by atoms with E-state index in [1.54, 1.807) is 37.6 Å². The molecule has 0 saturated heterocycles. The van der Waals surface area contributed by atoms with Gasteiger partial charge in [0.05, 0.1) is 12.8 Å². The van der Waals surface area contributed by atoms with Crippen molar-refractivity contribution in [2.75, 3.05) is 12.8 Å². The zero-order chi connectivity index (χ0) is 13.4. The third-order valence-electron chi connectivity index (χ3n) is 2.80. The van der Waals surface area contributed by atoms with Crippen LogP contribution in [0.1, 0.15) is 0 Å². The number of nitrogens with zero attached hydrogens (tertiary/aromatic N) is 3. The van der Waals surface area contributed by atoms with E-state index in [9.17, 15) is 4.39 Å². The number of halogens is 1. The highest BCUT2D eigenvalue weighted by Gasteiger charge is 2.10. The van der Waals surface area contributed by atoms with E-state index in [0.717, 1.165) is 0 Å². The summed E-state index contributed by atoms with van der Waals surface area (Å²) in [5.74, 6) is 0.584. The van der Waals surface area contributed by atoms with Gasteiger partial charge in [-0.05, 0) is 30.3 Å². The van der Waals surface area contributed by atoms with Crippen molar-refractivity contribution in [3.63, 3.8) is 0 Å². The van der Waals surface area contributed by atoms with Crippen LogP contribution < -0.4 is 10.5 Å². The molecule has 0 atom stereocenters. The van der Waals surface area contributed by atoms with Crippen LogP contribution in [0.15, 0.2) is 36.5 Å². The van der Waals surface area contributed by atoms with Gasteiger partial charge in [0.15, 0.2) is 17.3 Å². The number of fused-ring (bicyclic) bond motifs is 1. The molecule has 2 heterocycles. The van der Waals surface area contributed by atoms with Gasteiger partial charge in [0.25, 0.3) is 0 Å². The molecule has 3 rings (SSSR count). The van der Waals surface area contributed by atoms with E-state index in [1.165, 1.54) is 10.6 Å². The third-order valence-corrected chi connectivity index (χ3v) is 2.80. The van der Waals surface area contributed by atoms with E-state index in [1.807, 2.05) is 0 Å². The van der Waals surface area contributed by atoms with Gasteiger partial charge >= 0.3 is 0 Å². The van der Waals surface area contributed by atoms with E-state index in [4.69, 9.17) is 10.5 Å². The molecule has 0 unspecified atom stereocenters.